The van der Waals surface area contributed by atoms with Crippen LogP contribution in [-0.4, -0.2) is 17.1 Å². The van der Waals surface area contributed by atoms with Gasteiger partial charge in [-0.1, -0.05) is 25.4 Å². The Balaban J connectivity index is 2.04. The first-order valence-electron chi connectivity index (χ1n) is 6.75. The van der Waals surface area contributed by atoms with Crippen LogP contribution in [0.4, 0.5) is 0 Å². The molecule has 3 nitrogen and oxygen atoms in total. The van der Waals surface area contributed by atoms with Crippen LogP contribution in [-0.2, 0) is 0 Å². The standard InChI is InChI=1S/C15H20ClNO2/c1-9-5-10(2)7-12(6-9)17-15(19)13-4-3-11(16)8-14(13)18/h3-4,8-10,12,18H,5-7H2,1-2H3,(H,17,19). The molecular formula is C15H20ClNO2. The zero-order valence-electron chi connectivity index (χ0n) is 11.3. The van der Waals surface area contributed by atoms with E-state index in [-0.39, 0.29) is 23.3 Å². The summed E-state index contributed by atoms with van der Waals surface area (Å²) in [6, 6.07) is 4.76. The molecule has 2 N–H and O–H groups in total. The average molecular weight is 282 g/mol. The normalized spacial score (nSPS) is 27.0. The monoisotopic (exact) mass is 281 g/mol. The minimum Gasteiger partial charge on any atom is -0.507 e. The molecule has 0 bridgehead atoms. The van der Waals surface area contributed by atoms with Gasteiger partial charge in [0, 0.05) is 11.1 Å². The number of nitrogens with one attached hydrogen (secondary N) is 1. The fraction of sp³-hybridized carbons (Fsp3) is 0.533. The lowest BCUT2D eigenvalue weighted by atomic mass is 9.80. The third kappa shape index (κ3) is 3.63. The Labute approximate surface area is 119 Å². The summed E-state index contributed by atoms with van der Waals surface area (Å²) in [5.41, 5.74) is 0.287. The number of amides is 1. The summed E-state index contributed by atoms with van der Waals surface area (Å²) in [5.74, 6) is 0.975. The highest BCUT2D eigenvalue weighted by atomic mass is 35.5. The third-order valence-electron chi connectivity index (χ3n) is 3.72. The Bertz CT molecular complexity index is 465. The van der Waals surface area contributed by atoms with Gasteiger partial charge in [-0.25, -0.2) is 0 Å². The molecule has 0 aliphatic heterocycles. The van der Waals surface area contributed by atoms with Crippen molar-refractivity contribution in [1.82, 2.24) is 5.32 Å². The molecule has 1 aliphatic carbocycles. The zero-order chi connectivity index (χ0) is 14.0. The molecule has 1 amide bonds. The Morgan fingerprint density at radius 1 is 1.26 bits per heavy atom. The molecule has 0 spiro atoms. The van der Waals surface area contributed by atoms with Gasteiger partial charge in [-0.2, -0.15) is 0 Å². The molecule has 0 aromatic heterocycles. The number of benzene rings is 1. The van der Waals surface area contributed by atoms with E-state index in [1.165, 1.54) is 12.5 Å². The van der Waals surface area contributed by atoms with Crippen LogP contribution >= 0.6 is 11.6 Å². The van der Waals surface area contributed by atoms with Crippen LogP contribution in [0.5, 0.6) is 5.75 Å². The maximum Gasteiger partial charge on any atom is 0.255 e. The summed E-state index contributed by atoms with van der Waals surface area (Å²) in [6.45, 7) is 4.43. The number of phenolic OH excluding ortho intramolecular Hbond substituents is 1. The fourth-order valence-electron chi connectivity index (χ4n) is 3.02. The minimum atomic E-state index is -0.222. The third-order valence-corrected chi connectivity index (χ3v) is 3.95. The van der Waals surface area contributed by atoms with Crippen LogP contribution in [0.2, 0.25) is 5.02 Å². The van der Waals surface area contributed by atoms with Gasteiger partial charge in [0.2, 0.25) is 0 Å². The SMILES string of the molecule is CC1CC(C)CC(NC(=O)c2ccc(Cl)cc2O)C1. The van der Waals surface area contributed by atoms with E-state index in [0.717, 1.165) is 12.8 Å². The lowest BCUT2D eigenvalue weighted by molar-refractivity contribution is 0.0908. The minimum absolute atomic E-state index is 0.0677. The van der Waals surface area contributed by atoms with Gasteiger partial charge in [-0.05, 0) is 49.3 Å². The van der Waals surface area contributed by atoms with Crippen LogP contribution in [0.25, 0.3) is 0 Å². The summed E-state index contributed by atoms with van der Waals surface area (Å²) in [7, 11) is 0. The van der Waals surface area contributed by atoms with E-state index < -0.39 is 0 Å². The highest BCUT2D eigenvalue weighted by Gasteiger charge is 2.25. The molecule has 2 unspecified atom stereocenters. The van der Waals surface area contributed by atoms with Crippen molar-refractivity contribution in [2.24, 2.45) is 11.8 Å². The molecule has 2 atom stereocenters. The maximum absolute atomic E-state index is 12.1. The smallest absolute Gasteiger partial charge is 0.255 e. The number of aromatic hydroxyl groups is 1. The first kappa shape index (κ1) is 14.2. The number of carbonyl (C=O) groups is 1. The molecule has 1 fully saturated rings. The van der Waals surface area contributed by atoms with E-state index >= 15 is 0 Å². The van der Waals surface area contributed by atoms with E-state index in [1.807, 2.05) is 0 Å². The molecule has 0 heterocycles. The van der Waals surface area contributed by atoms with Gasteiger partial charge in [-0.15, -0.1) is 0 Å². The van der Waals surface area contributed by atoms with Gasteiger partial charge in [-0.3, -0.25) is 4.79 Å². The molecular weight excluding hydrogens is 262 g/mol. The van der Waals surface area contributed by atoms with Crippen LogP contribution in [0.15, 0.2) is 18.2 Å². The Kier molecular flexibility index (Phi) is 4.35. The fourth-order valence-corrected chi connectivity index (χ4v) is 3.19. The highest BCUT2D eigenvalue weighted by Crippen LogP contribution is 2.29. The summed E-state index contributed by atoms with van der Waals surface area (Å²) < 4.78 is 0. The second-order valence-corrected chi connectivity index (χ2v) is 6.19. The Morgan fingerprint density at radius 3 is 2.47 bits per heavy atom. The van der Waals surface area contributed by atoms with Crippen LogP contribution in [0.3, 0.4) is 0 Å². The van der Waals surface area contributed by atoms with Crippen molar-refractivity contribution < 1.29 is 9.90 Å². The average Bonchev–Trinajstić information content (AvgIpc) is 2.26. The maximum atomic E-state index is 12.1. The number of halogens is 1. The van der Waals surface area contributed by atoms with Gasteiger partial charge >= 0.3 is 0 Å². The first-order chi connectivity index (χ1) is 8.95. The molecule has 1 aromatic rings. The summed E-state index contributed by atoms with van der Waals surface area (Å²) in [5, 5.41) is 13.2. The van der Waals surface area contributed by atoms with Gasteiger partial charge in [0.15, 0.2) is 0 Å². The van der Waals surface area contributed by atoms with Gasteiger partial charge < -0.3 is 10.4 Å². The number of rotatable bonds is 2. The molecule has 104 valence electrons. The molecule has 1 saturated carbocycles. The van der Waals surface area contributed by atoms with Crippen molar-refractivity contribution in [3.8, 4) is 5.75 Å². The van der Waals surface area contributed by atoms with E-state index in [0.29, 0.717) is 16.9 Å². The summed E-state index contributed by atoms with van der Waals surface area (Å²) in [6.07, 6.45) is 3.23. The second-order valence-electron chi connectivity index (χ2n) is 5.75. The Morgan fingerprint density at radius 2 is 1.89 bits per heavy atom. The number of hydrogen-bond donors (Lipinski definition) is 2. The van der Waals surface area contributed by atoms with E-state index in [9.17, 15) is 9.90 Å². The van der Waals surface area contributed by atoms with Crippen LogP contribution in [0.1, 0.15) is 43.5 Å². The van der Waals surface area contributed by atoms with Crippen molar-refractivity contribution >= 4 is 17.5 Å². The molecule has 4 heteroatoms. The predicted octanol–water partition coefficient (Wildman–Crippen LogP) is 3.60. The summed E-state index contributed by atoms with van der Waals surface area (Å²) in [4.78, 5) is 12.1. The second kappa shape index (κ2) is 5.83. The van der Waals surface area contributed by atoms with Crippen molar-refractivity contribution in [3.63, 3.8) is 0 Å². The number of carbonyl (C=O) groups excluding carboxylic acids is 1. The lowest BCUT2D eigenvalue weighted by Crippen LogP contribution is -2.40. The predicted molar refractivity (Wildman–Crippen MR) is 76.6 cm³/mol. The highest BCUT2D eigenvalue weighted by molar-refractivity contribution is 6.30. The van der Waals surface area contributed by atoms with Crippen LogP contribution < -0.4 is 5.32 Å². The van der Waals surface area contributed by atoms with E-state index in [4.69, 9.17) is 11.6 Å². The topological polar surface area (TPSA) is 49.3 Å². The molecule has 19 heavy (non-hydrogen) atoms. The molecule has 0 saturated heterocycles. The van der Waals surface area contributed by atoms with Crippen molar-refractivity contribution in [2.45, 2.75) is 39.2 Å². The van der Waals surface area contributed by atoms with Crippen molar-refractivity contribution in [2.75, 3.05) is 0 Å². The molecule has 1 aromatic carbocycles. The van der Waals surface area contributed by atoms with Crippen LogP contribution in [0, 0.1) is 11.8 Å². The summed E-state index contributed by atoms with van der Waals surface area (Å²) >= 11 is 5.76. The largest absolute Gasteiger partial charge is 0.507 e. The quantitative estimate of drug-likeness (QED) is 0.870. The molecule has 2 rings (SSSR count). The van der Waals surface area contributed by atoms with E-state index in [1.54, 1.807) is 12.1 Å². The lowest BCUT2D eigenvalue weighted by Gasteiger charge is -2.32. The van der Waals surface area contributed by atoms with Gasteiger partial charge in [0.25, 0.3) is 5.91 Å². The van der Waals surface area contributed by atoms with Crippen molar-refractivity contribution in [1.29, 1.82) is 0 Å². The number of hydrogen-bond acceptors (Lipinski definition) is 2. The molecule has 1 aliphatic rings. The Hall–Kier alpha value is -1.22. The molecule has 0 radical (unpaired) electrons. The number of phenols is 1. The first-order valence-corrected chi connectivity index (χ1v) is 7.13. The zero-order valence-corrected chi connectivity index (χ0v) is 12.1. The van der Waals surface area contributed by atoms with Crippen molar-refractivity contribution in [3.05, 3.63) is 28.8 Å². The van der Waals surface area contributed by atoms with Gasteiger partial charge in [0.1, 0.15) is 5.75 Å². The van der Waals surface area contributed by atoms with Gasteiger partial charge in [0.05, 0.1) is 5.56 Å². The van der Waals surface area contributed by atoms with E-state index in [2.05, 4.69) is 19.2 Å².